The molecule has 1 saturated heterocycles. The second-order valence-electron chi connectivity index (χ2n) is 20.7. The molecule has 1 aliphatic heterocycles. The Morgan fingerprint density at radius 2 is 0.740 bits per heavy atom. The first-order chi connectivity index (χ1) is 45.8. The number of carbonyl (C=O) groups is 6. The van der Waals surface area contributed by atoms with Gasteiger partial charge >= 0.3 is 0 Å². The van der Waals surface area contributed by atoms with Gasteiger partial charge in [0.05, 0.1) is 28.3 Å². The lowest BCUT2D eigenvalue weighted by atomic mass is 9.97. The molecule has 0 bridgehead atoms. The van der Waals surface area contributed by atoms with Gasteiger partial charge in [0, 0.05) is 138 Å². The molecule has 28 heteroatoms. The van der Waals surface area contributed by atoms with Crippen LogP contribution in [0.15, 0.2) is 169 Å². The van der Waals surface area contributed by atoms with Crippen molar-refractivity contribution in [2.24, 2.45) is 16.5 Å². The number of Topliss-reactive ketones (excluding diaryl/α,β-unsaturated/α-hetero) is 3. The van der Waals surface area contributed by atoms with Gasteiger partial charge in [0.25, 0.3) is 17.7 Å². The zero-order valence-corrected chi connectivity index (χ0v) is 57.0. The Kier molecular flexibility index (Phi) is 26.0. The fourth-order valence-electron chi connectivity index (χ4n) is 9.22. The van der Waals surface area contributed by atoms with Crippen molar-refractivity contribution < 1.29 is 33.5 Å². The summed E-state index contributed by atoms with van der Waals surface area (Å²) in [5, 5.41) is 26.5. The van der Waals surface area contributed by atoms with E-state index in [1.807, 2.05) is 4.90 Å². The second kappa shape index (κ2) is 34.2. The van der Waals surface area contributed by atoms with Gasteiger partial charge in [-0.25, -0.2) is 15.0 Å². The van der Waals surface area contributed by atoms with Crippen molar-refractivity contribution in [1.29, 1.82) is 10.8 Å². The molecule has 19 nitrogen and oxygen atoms in total. The number of benzene rings is 6. The summed E-state index contributed by atoms with van der Waals surface area (Å²) in [6, 6.07) is 38.1. The van der Waals surface area contributed by atoms with Crippen LogP contribution in [0.4, 0.5) is 17.5 Å². The monoisotopic (exact) mass is 1460 g/mol. The number of nitrogens with one attached hydrogen (secondary N) is 5. The van der Waals surface area contributed by atoms with E-state index in [1.54, 1.807) is 116 Å². The highest BCUT2D eigenvalue weighted by Gasteiger charge is 2.25. The van der Waals surface area contributed by atoms with Crippen LogP contribution >= 0.6 is 104 Å². The van der Waals surface area contributed by atoms with Crippen LogP contribution < -0.4 is 27.4 Å². The fraction of sp³-hybridized carbons (Fsp3) is 0.118. The second-order valence-corrected chi connectivity index (χ2v) is 24.5. The number of halogens is 9. The molecular weight excluding hydrogens is 1420 g/mol. The van der Waals surface area contributed by atoms with E-state index in [-0.39, 0.29) is 95.1 Å². The number of pyridine rings is 3. The van der Waals surface area contributed by atoms with E-state index in [0.717, 1.165) is 0 Å². The first kappa shape index (κ1) is 73.0. The lowest BCUT2D eigenvalue weighted by molar-refractivity contribution is 0.0680. The average Bonchev–Trinajstić information content (AvgIpc) is 0.836. The van der Waals surface area contributed by atoms with Gasteiger partial charge in [0.2, 0.25) is 0 Å². The van der Waals surface area contributed by atoms with Crippen LogP contribution in [0, 0.1) is 10.8 Å². The molecule has 0 aliphatic carbocycles. The molecule has 1 aliphatic rings. The highest BCUT2D eigenvalue weighted by atomic mass is 35.5. The predicted molar refractivity (Wildman–Crippen MR) is 381 cm³/mol. The molecule has 490 valence electrons. The van der Waals surface area contributed by atoms with Gasteiger partial charge in [0.1, 0.15) is 35.0 Å². The molecule has 96 heavy (non-hydrogen) atoms. The number of carbonyl (C=O) groups excluding carboxylic acids is 6. The molecule has 10 rings (SSSR count). The Labute approximate surface area is 595 Å². The summed E-state index contributed by atoms with van der Waals surface area (Å²) >= 11 is 54.8. The molecule has 0 spiro atoms. The average molecular weight is 1470 g/mol. The number of aromatic nitrogens is 3. The Morgan fingerprint density at radius 3 is 1.03 bits per heavy atom. The maximum atomic E-state index is 13.1. The summed E-state index contributed by atoms with van der Waals surface area (Å²) in [7, 11) is 1.59. The quantitative estimate of drug-likeness (QED) is 0.0239. The summed E-state index contributed by atoms with van der Waals surface area (Å²) in [4.78, 5) is 95.3. The number of aliphatic imine (C=N–C) groups is 1. The van der Waals surface area contributed by atoms with Gasteiger partial charge in [0.15, 0.2) is 17.3 Å². The molecule has 0 radical (unpaired) electrons. The van der Waals surface area contributed by atoms with Gasteiger partial charge < -0.3 is 37.1 Å². The Balaban J connectivity index is 0.000000185. The molecule has 9 aromatic rings. The van der Waals surface area contributed by atoms with Crippen LogP contribution in [-0.4, -0.2) is 106 Å². The Bertz CT molecular complexity index is 4450. The van der Waals surface area contributed by atoms with Gasteiger partial charge in [-0.2, -0.15) is 0 Å². The van der Waals surface area contributed by atoms with E-state index < -0.39 is 17.7 Å². The minimum Gasteiger partial charge on any atom is -0.384 e. The summed E-state index contributed by atoms with van der Waals surface area (Å²) < 4.78 is 5.33. The van der Waals surface area contributed by atoms with Gasteiger partial charge in [-0.15, -0.1) is 0 Å². The topological polar surface area (TPSA) is 302 Å². The van der Waals surface area contributed by atoms with Crippen molar-refractivity contribution in [3.63, 3.8) is 0 Å². The largest absolute Gasteiger partial charge is 0.384 e. The van der Waals surface area contributed by atoms with Crippen LogP contribution in [0.1, 0.15) is 95.5 Å². The maximum absolute atomic E-state index is 13.1. The molecule has 9 N–H and O–H groups in total. The molecule has 6 aromatic carbocycles. The third-order valence-corrected chi connectivity index (χ3v) is 16.5. The molecule has 3 aromatic heterocycles. The standard InChI is InChI=1S/C25H21Cl3N4O3.C22H17Cl3N4O2.C21H15Cl3N4O2/c26-17-5-6-23(30-14-17)31-25(34)20-11-18(27)12-21(28)19(20)13-22(33)15-1-3-16(4-2-15)24(29)32-7-9-35-10-8-32;1-27-21(26)13-4-2-12(3-5-13)19(30)10-16-17(8-15(24)9-18(16)25)22(31)29-20-7-6-14(23)11-28-20;22-13-5-6-19(27-10-13)28-21(30)16-7-14(23)8-17(24)15(16)9-18(29)11-1-3-12(4-2-11)20(25)26/h1-6,11-12,14,29H,7-10,13H2,(H,30,31,34);2-9,11H,10H2,1H3,(H2,26,27)(H,28,29,31);1-8,10H,9H2,(H3,25,26)(H,27,28,30). The van der Waals surface area contributed by atoms with Crippen LogP contribution in [0.2, 0.25) is 45.2 Å². The lowest BCUT2D eigenvalue weighted by Crippen LogP contribution is -2.40. The van der Waals surface area contributed by atoms with Crippen LogP contribution in [0.5, 0.6) is 0 Å². The van der Waals surface area contributed by atoms with Crippen LogP contribution in [0.3, 0.4) is 0 Å². The molecular formula is C68H53Cl9N12O7. The normalized spacial score (nSPS) is 11.8. The number of hydrogen-bond acceptors (Lipinski definition) is 13. The third kappa shape index (κ3) is 20.1. The molecule has 1 fully saturated rings. The van der Waals surface area contributed by atoms with Gasteiger partial charge in [-0.1, -0.05) is 177 Å². The van der Waals surface area contributed by atoms with Crippen molar-refractivity contribution in [2.45, 2.75) is 19.3 Å². The molecule has 3 amide bonds. The molecule has 4 heterocycles. The van der Waals surface area contributed by atoms with Crippen molar-refractivity contribution in [3.8, 4) is 0 Å². The minimum absolute atomic E-state index is 0.0930. The fourth-order valence-corrected chi connectivity index (χ4v) is 11.2. The number of nitrogens with two attached hydrogens (primary N) is 2. The number of amidine groups is 3. The van der Waals surface area contributed by atoms with E-state index in [4.69, 9.17) is 131 Å². The first-order valence-electron chi connectivity index (χ1n) is 28.5. The maximum Gasteiger partial charge on any atom is 0.257 e. The predicted octanol–water partition coefficient (Wildman–Crippen LogP) is 15.4. The molecule has 0 atom stereocenters. The van der Waals surface area contributed by atoms with E-state index in [9.17, 15) is 28.8 Å². The number of nitrogen functional groups attached to an aromatic ring is 1. The first-order valence-corrected chi connectivity index (χ1v) is 31.9. The number of hydrogen-bond donors (Lipinski definition) is 7. The van der Waals surface area contributed by atoms with E-state index in [1.165, 1.54) is 55.0 Å². The lowest BCUT2D eigenvalue weighted by Gasteiger charge is -2.29. The van der Waals surface area contributed by atoms with Crippen molar-refractivity contribution in [3.05, 3.63) is 276 Å². The molecule has 0 unspecified atom stereocenters. The number of nitrogens with zero attached hydrogens (tertiary/aromatic N) is 5. The van der Waals surface area contributed by atoms with Crippen LogP contribution in [0.25, 0.3) is 0 Å². The number of ether oxygens (including phenoxy) is 1. The summed E-state index contributed by atoms with van der Waals surface area (Å²) in [5.41, 5.74) is 16.0. The highest BCUT2D eigenvalue weighted by Crippen LogP contribution is 2.32. The smallest absolute Gasteiger partial charge is 0.257 e. The van der Waals surface area contributed by atoms with Gasteiger partial charge in [-0.05, 0) is 89.5 Å². The number of amides is 3. The molecule has 0 saturated carbocycles. The highest BCUT2D eigenvalue weighted by molar-refractivity contribution is 6.38. The van der Waals surface area contributed by atoms with Gasteiger partial charge in [-0.3, -0.25) is 44.6 Å². The zero-order valence-electron chi connectivity index (χ0n) is 50.2. The number of morpholine rings is 1. The Morgan fingerprint density at radius 1 is 0.438 bits per heavy atom. The minimum atomic E-state index is -0.510. The summed E-state index contributed by atoms with van der Waals surface area (Å²) in [6.07, 6.45) is 3.90. The van der Waals surface area contributed by atoms with Crippen molar-refractivity contribution in [2.75, 3.05) is 49.3 Å². The Hall–Kier alpha value is -8.83. The van der Waals surface area contributed by atoms with E-state index in [2.05, 4.69) is 35.9 Å². The number of rotatable bonds is 18. The summed E-state index contributed by atoms with van der Waals surface area (Å²) in [6.45, 7) is 2.49. The van der Waals surface area contributed by atoms with E-state index >= 15 is 0 Å². The van der Waals surface area contributed by atoms with E-state index in [0.29, 0.717) is 115 Å². The van der Waals surface area contributed by atoms with Crippen molar-refractivity contribution >= 4 is 174 Å². The number of ketones is 3. The third-order valence-electron chi connectivity index (χ3n) is 14.2. The number of anilines is 3. The summed E-state index contributed by atoms with van der Waals surface area (Å²) in [5.74, 6) is -0.652. The zero-order chi connectivity index (χ0) is 69.3. The van der Waals surface area contributed by atoms with Crippen molar-refractivity contribution in [1.82, 2.24) is 19.9 Å². The van der Waals surface area contributed by atoms with Crippen LogP contribution in [-0.2, 0) is 24.0 Å². The SMILES string of the molecule is CN=C(N)c1ccc(C(=O)Cc2c(Cl)cc(Cl)cc2C(=O)Nc2ccc(Cl)cn2)cc1.N=C(N)c1ccc(C(=O)Cc2c(Cl)cc(Cl)cc2C(=O)Nc2ccc(Cl)cn2)cc1.N=C(c1ccc(C(=O)Cc2c(Cl)cc(Cl)cc2C(=O)Nc2ccc(Cl)cn2)cc1)N1CCOCC1.